The third kappa shape index (κ3) is 3.49. The van der Waals surface area contributed by atoms with E-state index in [1.165, 1.54) is 16.9 Å². The van der Waals surface area contributed by atoms with Crippen LogP contribution in [0.4, 0.5) is 5.69 Å². The molecule has 1 amide bonds. The summed E-state index contributed by atoms with van der Waals surface area (Å²) in [4.78, 5) is 25.7. The van der Waals surface area contributed by atoms with Gasteiger partial charge in [-0.3, -0.25) is 4.79 Å². The van der Waals surface area contributed by atoms with Crippen LogP contribution < -0.4 is 5.32 Å². The topological polar surface area (TPSA) is 67.8 Å². The normalized spacial score (nSPS) is 10.6. The molecule has 122 valence electrons. The van der Waals surface area contributed by atoms with Crippen molar-refractivity contribution in [1.82, 2.24) is 15.0 Å². The highest BCUT2D eigenvalue weighted by Gasteiger charge is 2.14. The van der Waals surface area contributed by atoms with Crippen LogP contribution in [0.3, 0.4) is 0 Å². The van der Waals surface area contributed by atoms with Crippen LogP contribution in [0.15, 0.2) is 42.9 Å². The van der Waals surface area contributed by atoms with Crippen LogP contribution in [0.5, 0.6) is 0 Å². The van der Waals surface area contributed by atoms with Crippen molar-refractivity contribution in [2.45, 2.75) is 26.7 Å². The Hall–Kier alpha value is -2.60. The number of thiazole rings is 1. The Morgan fingerprint density at radius 3 is 2.62 bits per heavy atom. The molecule has 0 saturated heterocycles. The van der Waals surface area contributed by atoms with Crippen LogP contribution >= 0.6 is 11.3 Å². The second-order valence-corrected chi connectivity index (χ2v) is 6.29. The van der Waals surface area contributed by atoms with Gasteiger partial charge in [-0.2, -0.15) is 0 Å². The number of anilines is 1. The van der Waals surface area contributed by atoms with Gasteiger partial charge in [-0.05, 0) is 36.1 Å². The van der Waals surface area contributed by atoms with Crippen molar-refractivity contribution in [1.29, 1.82) is 0 Å². The molecule has 0 atom stereocenters. The standard InChI is InChI=1S/C18H18N4OS/c1-3-12-6-7-13(4-2)14(10-12)22-17(23)15-11-21-18(24-15)16-19-8-5-9-20-16/h5-11H,3-4H2,1-2H3,(H,22,23). The van der Waals surface area contributed by atoms with Gasteiger partial charge in [0.2, 0.25) is 0 Å². The lowest BCUT2D eigenvalue weighted by Gasteiger charge is -2.10. The average Bonchev–Trinajstić information content (AvgIpc) is 3.12. The molecule has 2 aromatic heterocycles. The molecule has 0 spiro atoms. The molecular formula is C18H18N4OS. The van der Waals surface area contributed by atoms with Gasteiger partial charge in [-0.1, -0.05) is 26.0 Å². The summed E-state index contributed by atoms with van der Waals surface area (Å²) in [5, 5.41) is 3.65. The summed E-state index contributed by atoms with van der Waals surface area (Å²) >= 11 is 1.29. The Labute approximate surface area is 144 Å². The van der Waals surface area contributed by atoms with E-state index in [1.807, 2.05) is 6.07 Å². The van der Waals surface area contributed by atoms with Crippen LogP contribution in [0.1, 0.15) is 34.6 Å². The fourth-order valence-electron chi connectivity index (χ4n) is 2.34. The van der Waals surface area contributed by atoms with Gasteiger partial charge in [-0.25, -0.2) is 15.0 Å². The smallest absolute Gasteiger partial charge is 0.267 e. The monoisotopic (exact) mass is 338 g/mol. The number of benzene rings is 1. The highest BCUT2D eigenvalue weighted by atomic mass is 32.1. The van der Waals surface area contributed by atoms with Crippen molar-refractivity contribution in [3.8, 4) is 10.8 Å². The lowest BCUT2D eigenvalue weighted by molar-refractivity contribution is 0.103. The van der Waals surface area contributed by atoms with Gasteiger partial charge in [0, 0.05) is 18.1 Å². The van der Waals surface area contributed by atoms with Gasteiger partial charge in [0.15, 0.2) is 10.8 Å². The predicted octanol–water partition coefficient (Wildman–Crippen LogP) is 3.98. The van der Waals surface area contributed by atoms with Gasteiger partial charge in [0.25, 0.3) is 5.91 Å². The Kier molecular flexibility index (Phi) is 4.96. The predicted molar refractivity (Wildman–Crippen MR) is 96.3 cm³/mol. The van der Waals surface area contributed by atoms with Crippen LogP contribution in [0.25, 0.3) is 10.8 Å². The summed E-state index contributed by atoms with van der Waals surface area (Å²) in [5.74, 6) is 0.376. The summed E-state index contributed by atoms with van der Waals surface area (Å²) in [6, 6.07) is 7.97. The third-order valence-corrected chi connectivity index (χ3v) is 4.69. The second-order valence-electron chi connectivity index (χ2n) is 5.25. The molecule has 0 saturated carbocycles. The lowest BCUT2D eigenvalue weighted by atomic mass is 10.1. The van der Waals surface area contributed by atoms with Crippen LogP contribution in [-0.2, 0) is 12.8 Å². The number of nitrogens with zero attached hydrogens (tertiary/aromatic N) is 3. The SMILES string of the molecule is CCc1ccc(CC)c(NC(=O)c2cnc(-c3ncccn3)s2)c1. The molecule has 1 N–H and O–H groups in total. The van der Waals surface area contributed by atoms with Gasteiger partial charge in [0.05, 0.1) is 6.20 Å². The van der Waals surface area contributed by atoms with Gasteiger partial charge >= 0.3 is 0 Å². The Morgan fingerprint density at radius 2 is 1.92 bits per heavy atom. The fourth-order valence-corrected chi connectivity index (χ4v) is 3.10. The zero-order chi connectivity index (χ0) is 16.9. The molecule has 0 aliphatic rings. The molecular weight excluding hydrogens is 320 g/mol. The number of amides is 1. The first-order chi connectivity index (χ1) is 11.7. The number of hydrogen-bond acceptors (Lipinski definition) is 5. The van der Waals surface area contributed by atoms with E-state index in [2.05, 4.69) is 46.2 Å². The maximum absolute atomic E-state index is 12.5. The number of aryl methyl sites for hydroxylation is 2. The van der Waals surface area contributed by atoms with Crippen molar-refractivity contribution in [2.75, 3.05) is 5.32 Å². The highest BCUT2D eigenvalue weighted by molar-refractivity contribution is 7.16. The Bertz CT molecular complexity index is 845. The Morgan fingerprint density at radius 1 is 1.12 bits per heavy atom. The van der Waals surface area contributed by atoms with E-state index in [0.29, 0.717) is 15.7 Å². The summed E-state index contributed by atoms with van der Waals surface area (Å²) in [6.07, 6.45) is 6.69. The highest BCUT2D eigenvalue weighted by Crippen LogP contribution is 2.24. The van der Waals surface area contributed by atoms with Gasteiger partial charge < -0.3 is 5.32 Å². The summed E-state index contributed by atoms with van der Waals surface area (Å²) in [7, 11) is 0. The number of hydrogen-bond donors (Lipinski definition) is 1. The number of carbonyl (C=O) groups excluding carboxylic acids is 1. The lowest BCUT2D eigenvalue weighted by Crippen LogP contribution is -2.12. The summed E-state index contributed by atoms with van der Waals surface area (Å²) < 4.78 is 0. The van der Waals surface area contributed by atoms with E-state index in [-0.39, 0.29) is 5.91 Å². The molecule has 0 bridgehead atoms. The maximum Gasteiger partial charge on any atom is 0.267 e. The zero-order valence-corrected chi connectivity index (χ0v) is 14.4. The van der Waals surface area contributed by atoms with Crippen molar-refractivity contribution in [3.63, 3.8) is 0 Å². The van der Waals surface area contributed by atoms with Crippen molar-refractivity contribution in [3.05, 3.63) is 58.9 Å². The Balaban J connectivity index is 1.82. The number of carbonyl (C=O) groups is 1. The summed E-state index contributed by atoms with van der Waals surface area (Å²) in [5.41, 5.74) is 3.19. The zero-order valence-electron chi connectivity index (χ0n) is 13.6. The minimum Gasteiger partial charge on any atom is -0.321 e. The molecule has 0 aliphatic heterocycles. The molecule has 6 heteroatoms. The van der Waals surface area contributed by atoms with Gasteiger partial charge in [-0.15, -0.1) is 11.3 Å². The fraction of sp³-hybridized carbons (Fsp3) is 0.222. The van der Waals surface area contributed by atoms with Gasteiger partial charge in [0.1, 0.15) is 4.88 Å². The van der Waals surface area contributed by atoms with E-state index in [4.69, 9.17) is 0 Å². The first kappa shape index (κ1) is 16.3. The molecule has 0 fully saturated rings. The number of nitrogens with one attached hydrogen (secondary N) is 1. The van der Waals surface area contributed by atoms with Crippen molar-refractivity contribution < 1.29 is 4.79 Å². The largest absolute Gasteiger partial charge is 0.321 e. The van der Waals surface area contributed by atoms with E-state index in [0.717, 1.165) is 24.1 Å². The van der Waals surface area contributed by atoms with Crippen LogP contribution in [0.2, 0.25) is 0 Å². The second kappa shape index (κ2) is 7.31. The molecule has 1 aromatic carbocycles. The molecule has 2 heterocycles. The number of rotatable bonds is 5. The third-order valence-electron chi connectivity index (χ3n) is 3.70. The van der Waals surface area contributed by atoms with E-state index in [1.54, 1.807) is 24.7 Å². The van der Waals surface area contributed by atoms with Crippen LogP contribution in [0, 0.1) is 0 Å². The molecule has 0 unspecified atom stereocenters. The molecule has 3 aromatic rings. The first-order valence-corrected chi connectivity index (χ1v) is 8.69. The van der Waals surface area contributed by atoms with Crippen molar-refractivity contribution in [2.24, 2.45) is 0 Å². The maximum atomic E-state index is 12.5. The molecule has 24 heavy (non-hydrogen) atoms. The molecule has 0 aliphatic carbocycles. The van der Waals surface area contributed by atoms with E-state index in [9.17, 15) is 4.79 Å². The quantitative estimate of drug-likeness (QED) is 0.764. The molecule has 3 rings (SSSR count). The molecule has 0 radical (unpaired) electrons. The van der Waals surface area contributed by atoms with Crippen molar-refractivity contribution >= 4 is 22.9 Å². The first-order valence-electron chi connectivity index (χ1n) is 7.87. The average molecular weight is 338 g/mol. The molecule has 5 nitrogen and oxygen atoms in total. The van der Waals surface area contributed by atoms with E-state index < -0.39 is 0 Å². The number of aromatic nitrogens is 3. The summed E-state index contributed by atoms with van der Waals surface area (Å²) in [6.45, 7) is 4.18. The minimum atomic E-state index is -0.155. The van der Waals surface area contributed by atoms with Crippen LogP contribution in [-0.4, -0.2) is 20.9 Å². The van der Waals surface area contributed by atoms with E-state index >= 15 is 0 Å². The minimum absolute atomic E-state index is 0.155.